The molecule has 0 saturated carbocycles. The Morgan fingerprint density at radius 2 is 2.12 bits per heavy atom. The zero-order valence-electron chi connectivity index (χ0n) is 15.2. The van der Waals surface area contributed by atoms with E-state index in [-0.39, 0.29) is 5.54 Å². The van der Waals surface area contributed by atoms with E-state index in [1.54, 1.807) is 7.11 Å². The summed E-state index contributed by atoms with van der Waals surface area (Å²) < 4.78 is 9.22. The number of methoxy groups -OCH3 is 1. The number of hydrogen-bond donors (Lipinski definition) is 1. The Bertz CT molecular complexity index is 667. The molecule has 0 bridgehead atoms. The monoisotopic (exact) mass is 331 g/mol. The molecule has 0 saturated heterocycles. The summed E-state index contributed by atoms with van der Waals surface area (Å²) in [4.78, 5) is 0. The van der Waals surface area contributed by atoms with Gasteiger partial charge in [-0.05, 0) is 40.0 Å². The third-order valence-electron chi connectivity index (χ3n) is 4.58. The van der Waals surface area contributed by atoms with Gasteiger partial charge in [0.05, 0.1) is 31.1 Å². The molecule has 2 aromatic rings. The zero-order chi connectivity index (χ0) is 17.2. The fourth-order valence-electron chi connectivity index (χ4n) is 3.39. The van der Waals surface area contributed by atoms with Crippen molar-refractivity contribution in [1.29, 1.82) is 0 Å². The number of nitrogens with zero attached hydrogens (tertiary/aromatic N) is 4. The minimum atomic E-state index is 0.0396. The van der Waals surface area contributed by atoms with Crippen LogP contribution >= 0.6 is 0 Å². The van der Waals surface area contributed by atoms with Crippen molar-refractivity contribution in [3.63, 3.8) is 0 Å². The van der Waals surface area contributed by atoms with Gasteiger partial charge in [0, 0.05) is 42.7 Å². The van der Waals surface area contributed by atoms with Gasteiger partial charge in [0.25, 0.3) is 0 Å². The van der Waals surface area contributed by atoms with E-state index in [0.29, 0.717) is 12.6 Å². The molecule has 1 atom stereocenters. The molecule has 0 unspecified atom stereocenters. The van der Waals surface area contributed by atoms with Crippen LogP contribution in [0.15, 0.2) is 18.6 Å². The second-order valence-electron chi connectivity index (χ2n) is 7.56. The van der Waals surface area contributed by atoms with Crippen molar-refractivity contribution in [2.75, 3.05) is 13.7 Å². The van der Waals surface area contributed by atoms with E-state index in [1.807, 2.05) is 10.9 Å². The highest BCUT2D eigenvalue weighted by Gasteiger charge is 2.27. The lowest BCUT2D eigenvalue weighted by molar-refractivity contribution is 0.183. The molecule has 0 fully saturated rings. The smallest absolute Gasteiger partial charge is 0.0658 e. The standard InChI is InChI=1S/C18H29N5O/c1-18(2,3)23-17-7-5-6-16(15(17)12-21-23)19-10-14-11-20-22(13-14)8-9-24-4/h11-13,16,19H,5-10H2,1-4H3/t16-/m0/s1. The first kappa shape index (κ1) is 17.2. The van der Waals surface area contributed by atoms with Gasteiger partial charge in [0.1, 0.15) is 0 Å². The van der Waals surface area contributed by atoms with E-state index >= 15 is 0 Å². The molecule has 0 radical (unpaired) electrons. The van der Waals surface area contributed by atoms with Crippen LogP contribution in [0.5, 0.6) is 0 Å². The fraction of sp³-hybridized carbons (Fsp3) is 0.667. The highest BCUT2D eigenvalue weighted by Crippen LogP contribution is 2.32. The second kappa shape index (κ2) is 7.07. The first-order valence-corrected chi connectivity index (χ1v) is 8.80. The van der Waals surface area contributed by atoms with E-state index in [2.05, 4.69) is 53.4 Å². The van der Waals surface area contributed by atoms with Crippen LogP contribution in [-0.2, 0) is 29.8 Å². The summed E-state index contributed by atoms with van der Waals surface area (Å²) >= 11 is 0. The van der Waals surface area contributed by atoms with Crippen molar-refractivity contribution in [2.45, 2.75) is 64.7 Å². The van der Waals surface area contributed by atoms with E-state index in [0.717, 1.165) is 19.5 Å². The maximum atomic E-state index is 5.09. The minimum absolute atomic E-state index is 0.0396. The van der Waals surface area contributed by atoms with Crippen LogP contribution < -0.4 is 5.32 Å². The molecule has 2 aromatic heterocycles. The Morgan fingerprint density at radius 1 is 1.29 bits per heavy atom. The molecule has 1 aliphatic carbocycles. The molecule has 1 N–H and O–H groups in total. The summed E-state index contributed by atoms with van der Waals surface area (Å²) in [6, 6.07) is 0.382. The molecule has 1 aliphatic rings. The van der Waals surface area contributed by atoms with Crippen LogP contribution in [0.2, 0.25) is 0 Å². The predicted molar refractivity (Wildman–Crippen MR) is 93.8 cm³/mol. The third-order valence-corrected chi connectivity index (χ3v) is 4.58. The molecule has 0 amide bonds. The summed E-state index contributed by atoms with van der Waals surface area (Å²) in [7, 11) is 1.71. The maximum absolute atomic E-state index is 5.09. The van der Waals surface area contributed by atoms with Gasteiger partial charge in [-0.25, -0.2) is 0 Å². The molecule has 6 nitrogen and oxygen atoms in total. The number of aromatic nitrogens is 4. The van der Waals surface area contributed by atoms with Crippen molar-refractivity contribution in [3.8, 4) is 0 Å². The summed E-state index contributed by atoms with van der Waals surface area (Å²) in [5.41, 5.74) is 4.00. The SMILES string of the molecule is COCCn1cc(CN[C@H]2CCCc3c2cnn3C(C)(C)C)cn1. The highest BCUT2D eigenvalue weighted by atomic mass is 16.5. The molecule has 0 spiro atoms. The van der Waals surface area contributed by atoms with Gasteiger partial charge in [-0.1, -0.05) is 0 Å². The number of rotatable bonds is 6. The van der Waals surface area contributed by atoms with Gasteiger partial charge in [0.15, 0.2) is 0 Å². The number of fused-ring (bicyclic) bond motifs is 1. The summed E-state index contributed by atoms with van der Waals surface area (Å²) in [5.74, 6) is 0. The first-order chi connectivity index (χ1) is 11.5. The van der Waals surface area contributed by atoms with Gasteiger partial charge < -0.3 is 10.1 Å². The van der Waals surface area contributed by atoms with Crippen LogP contribution in [0, 0.1) is 0 Å². The highest BCUT2D eigenvalue weighted by molar-refractivity contribution is 5.26. The molecule has 132 valence electrons. The number of nitrogens with one attached hydrogen (secondary N) is 1. The minimum Gasteiger partial charge on any atom is -0.383 e. The number of hydrogen-bond acceptors (Lipinski definition) is 4. The fourth-order valence-corrected chi connectivity index (χ4v) is 3.39. The van der Waals surface area contributed by atoms with E-state index in [1.165, 1.54) is 29.7 Å². The van der Waals surface area contributed by atoms with Gasteiger partial charge >= 0.3 is 0 Å². The summed E-state index contributed by atoms with van der Waals surface area (Å²) in [6.45, 7) is 8.95. The zero-order valence-corrected chi connectivity index (χ0v) is 15.2. The average molecular weight is 331 g/mol. The lowest BCUT2D eigenvalue weighted by Gasteiger charge is -2.28. The van der Waals surface area contributed by atoms with Gasteiger partial charge in [-0.15, -0.1) is 0 Å². The van der Waals surface area contributed by atoms with Crippen molar-refractivity contribution in [1.82, 2.24) is 24.9 Å². The molecular weight excluding hydrogens is 302 g/mol. The molecule has 2 heterocycles. The maximum Gasteiger partial charge on any atom is 0.0658 e. The lowest BCUT2D eigenvalue weighted by Crippen LogP contribution is -2.29. The molecule has 24 heavy (non-hydrogen) atoms. The van der Waals surface area contributed by atoms with Crippen LogP contribution in [0.4, 0.5) is 0 Å². The predicted octanol–water partition coefficient (Wildman–Crippen LogP) is 2.65. The second-order valence-corrected chi connectivity index (χ2v) is 7.56. The average Bonchev–Trinajstić information content (AvgIpc) is 3.17. The summed E-state index contributed by atoms with van der Waals surface area (Å²) in [5, 5.41) is 12.7. The van der Waals surface area contributed by atoms with Crippen molar-refractivity contribution >= 4 is 0 Å². The van der Waals surface area contributed by atoms with Crippen LogP contribution in [0.1, 0.15) is 56.5 Å². The molecule has 6 heteroatoms. The van der Waals surface area contributed by atoms with Gasteiger partial charge in [-0.2, -0.15) is 10.2 Å². The Balaban J connectivity index is 1.65. The number of ether oxygens (including phenoxy) is 1. The van der Waals surface area contributed by atoms with Gasteiger partial charge in [-0.3, -0.25) is 9.36 Å². The topological polar surface area (TPSA) is 56.9 Å². The molecular formula is C18H29N5O. The van der Waals surface area contributed by atoms with Gasteiger partial charge in [0.2, 0.25) is 0 Å². The van der Waals surface area contributed by atoms with E-state index < -0.39 is 0 Å². The quantitative estimate of drug-likeness (QED) is 0.884. The van der Waals surface area contributed by atoms with E-state index in [4.69, 9.17) is 4.74 Å². The van der Waals surface area contributed by atoms with Crippen LogP contribution in [-0.4, -0.2) is 33.3 Å². The Kier molecular flexibility index (Phi) is 5.06. The normalized spacial score (nSPS) is 17.9. The molecule has 3 rings (SSSR count). The summed E-state index contributed by atoms with van der Waals surface area (Å²) in [6.07, 6.45) is 9.58. The third kappa shape index (κ3) is 3.70. The Morgan fingerprint density at radius 3 is 2.88 bits per heavy atom. The van der Waals surface area contributed by atoms with Crippen molar-refractivity contribution in [3.05, 3.63) is 35.4 Å². The van der Waals surface area contributed by atoms with Crippen molar-refractivity contribution in [2.24, 2.45) is 0 Å². The van der Waals surface area contributed by atoms with E-state index in [9.17, 15) is 0 Å². The van der Waals surface area contributed by atoms with Crippen LogP contribution in [0.25, 0.3) is 0 Å². The first-order valence-electron chi connectivity index (χ1n) is 8.80. The van der Waals surface area contributed by atoms with Crippen molar-refractivity contribution < 1.29 is 4.74 Å². The Labute approximate surface area is 144 Å². The lowest BCUT2D eigenvalue weighted by atomic mass is 9.92. The Hall–Kier alpha value is -1.66. The molecule has 0 aliphatic heterocycles. The largest absolute Gasteiger partial charge is 0.383 e. The molecule has 0 aromatic carbocycles. The van der Waals surface area contributed by atoms with Crippen LogP contribution in [0.3, 0.4) is 0 Å².